The highest BCUT2D eigenvalue weighted by atomic mass is 79.9. The maximum atomic E-state index is 13.2. The number of hydrogen-bond acceptors (Lipinski definition) is 3. The van der Waals surface area contributed by atoms with Crippen LogP contribution in [0.1, 0.15) is 18.4 Å². The van der Waals surface area contributed by atoms with Gasteiger partial charge in [0, 0.05) is 23.4 Å². The molecule has 2 aromatic rings. The van der Waals surface area contributed by atoms with Gasteiger partial charge in [-0.25, -0.2) is 0 Å². The first-order chi connectivity index (χ1) is 11.9. The van der Waals surface area contributed by atoms with E-state index in [2.05, 4.69) is 21.2 Å². The fourth-order valence-corrected chi connectivity index (χ4v) is 3.79. The van der Waals surface area contributed by atoms with Crippen LogP contribution < -0.4 is 11.1 Å². The highest BCUT2D eigenvalue weighted by Gasteiger charge is 2.41. The molecule has 4 nitrogen and oxygen atoms in total. The van der Waals surface area contributed by atoms with Crippen molar-refractivity contribution in [3.63, 3.8) is 0 Å². The number of rotatable bonds is 3. The first-order valence-electron chi connectivity index (χ1n) is 7.82. The Morgan fingerprint density at radius 2 is 1.68 bits per heavy atom. The molecule has 132 valence electrons. The molecule has 0 radical (unpaired) electrons. The maximum absolute atomic E-state index is 13.2. The zero-order valence-electron chi connectivity index (χ0n) is 13.3. The molecule has 3 N–H and O–H groups in total. The number of nitrogens with two attached hydrogens (primary N) is 1. The molecule has 7 heteroatoms. The van der Waals surface area contributed by atoms with E-state index < -0.39 is 5.41 Å². The molecule has 25 heavy (non-hydrogen) atoms. The van der Waals surface area contributed by atoms with Crippen LogP contribution in [-0.2, 0) is 14.9 Å². The minimum atomic E-state index is -0.653. The van der Waals surface area contributed by atoms with E-state index in [9.17, 15) is 4.79 Å². The molecule has 1 fully saturated rings. The molecule has 0 saturated carbocycles. The van der Waals surface area contributed by atoms with Gasteiger partial charge < -0.3 is 15.8 Å². The van der Waals surface area contributed by atoms with Gasteiger partial charge in [0.15, 0.2) is 0 Å². The Kier molecular flexibility index (Phi) is 5.58. The quantitative estimate of drug-likeness (QED) is 0.654. The van der Waals surface area contributed by atoms with Crippen LogP contribution in [0, 0.1) is 0 Å². The first-order valence-corrected chi connectivity index (χ1v) is 9.37. The molecule has 1 heterocycles. The van der Waals surface area contributed by atoms with E-state index in [1.54, 1.807) is 12.1 Å². The van der Waals surface area contributed by atoms with Crippen LogP contribution in [0.3, 0.4) is 0 Å². The summed E-state index contributed by atoms with van der Waals surface area (Å²) in [5, 5.41) is 3.57. The second-order valence-electron chi connectivity index (χ2n) is 6.01. The van der Waals surface area contributed by atoms with E-state index in [-0.39, 0.29) is 5.91 Å². The van der Waals surface area contributed by atoms with Crippen LogP contribution in [0.2, 0.25) is 10.0 Å². The van der Waals surface area contributed by atoms with Gasteiger partial charge >= 0.3 is 0 Å². The summed E-state index contributed by atoms with van der Waals surface area (Å²) in [5.41, 5.74) is 6.89. The third kappa shape index (κ3) is 3.80. The highest BCUT2D eigenvalue weighted by Crippen LogP contribution is 2.38. The summed E-state index contributed by atoms with van der Waals surface area (Å²) in [6, 6.07) is 11.0. The summed E-state index contributed by atoms with van der Waals surface area (Å²) in [7, 11) is 0. The number of ether oxygens (including phenoxy) is 1. The fourth-order valence-electron chi connectivity index (χ4n) is 3.04. The third-order valence-electron chi connectivity index (χ3n) is 4.51. The molecule has 0 aromatic heterocycles. The molecule has 0 atom stereocenters. The lowest BCUT2D eigenvalue weighted by Gasteiger charge is -2.36. The Bertz CT molecular complexity index is 767. The topological polar surface area (TPSA) is 64.3 Å². The maximum Gasteiger partial charge on any atom is 0.235 e. The number of benzene rings is 2. The van der Waals surface area contributed by atoms with Gasteiger partial charge in [-0.05, 0) is 42.7 Å². The number of carbonyl (C=O) groups is 1. The standard InChI is InChI=1S/C18H17BrCl2N2O2/c19-12-3-1-11(2-4-12)18(5-7-25-8-6-18)17(24)23-13-9-14(20)16(22)15(21)10-13/h1-4,9-10H,5-8,22H2,(H,23,24). The van der Waals surface area contributed by atoms with Crippen LogP contribution in [0.4, 0.5) is 11.4 Å². The van der Waals surface area contributed by atoms with Crippen molar-refractivity contribution in [3.8, 4) is 0 Å². The Balaban J connectivity index is 1.94. The zero-order chi connectivity index (χ0) is 18.0. The normalized spacial score (nSPS) is 16.4. The molecule has 0 unspecified atom stereocenters. The van der Waals surface area contributed by atoms with Gasteiger partial charge in [0.05, 0.1) is 21.1 Å². The molecule has 0 aliphatic carbocycles. The smallest absolute Gasteiger partial charge is 0.235 e. The number of amides is 1. The predicted octanol–water partition coefficient (Wildman–Crippen LogP) is 5.03. The molecule has 0 spiro atoms. The summed E-state index contributed by atoms with van der Waals surface area (Å²) in [4.78, 5) is 13.2. The van der Waals surface area contributed by atoms with Crippen LogP contribution in [0.15, 0.2) is 40.9 Å². The van der Waals surface area contributed by atoms with Crippen molar-refractivity contribution in [2.45, 2.75) is 18.3 Å². The van der Waals surface area contributed by atoms with Gasteiger partial charge in [-0.2, -0.15) is 0 Å². The van der Waals surface area contributed by atoms with Crippen molar-refractivity contribution in [2.75, 3.05) is 24.3 Å². The number of nitrogen functional groups attached to an aromatic ring is 1. The van der Waals surface area contributed by atoms with Gasteiger partial charge in [0.25, 0.3) is 0 Å². The van der Waals surface area contributed by atoms with E-state index in [0.717, 1.165) is 10.0 Å². The summed E-state index contributed by atoms with van der Waals surface area (Å²) >= 11 is 15.6. The molecule has 1 aliphatic heterocycles. The van der Waals surface area contributed by atoms with Gasteiger partial charge in [-0.15, -0.1) is 0 Å². The molecule has 1 amide bonds. The predicted molar refractivity (Wildman–Crippen MR) is 105 cm³/mol. The summed E-state index contributed by atoms with van der Waals surface area (Å²) in [5.74, 6) is -0.102. The Morgan fingerprint density at radius 3 is 2.24 bits per heavy atom. The lowest BCUT2D eigenvalue weighted by atomic mass is 9.73. The minimum Gasteiger partial charge on any atom is -0.396 e. The second-order valence-corrected chi connectivity index (χ2v) is 7.74. The minimum absolute atomic E-state index is 0.102. The number of carbonyl (C=O) groups excluding carboxylic acids is 1. The Morgan fingerprint density at radius 1 is 1.12 bits per heavy atom. The fraction of sp³-hybridized carbons (Fsp3) is 0.278. The average Bonchev–Trinajstić information content (AvgIpc) is 2.60. The van der Waals surface area contributed by atoms with E-state index in [4.69, 9.17) is 33.7 Å². The van der Waals surface area contributed by atoms with Gasteiger partial charge in [0.1, 0.15) is 0 Å². The van der Waals surface area contributed by atoms with Crippen LogP contribution in [0.25, 0.3) is 0 Å². The van der Waals surface area contributed by atoms with Crippen LogP contribution in [-0.4, -0.2) is 19.1 Å². The molecule has 3 rings (SSSR count). The molecule has 1 saturated heterocycles. The van der Waals surface area contributed by atoms with Crippen molar-refractivity contribution in [3.05, 3.63) is 56.5 Å². The van der Waals surface area contributed by atoms with Crippen molar-refractivity contribution >= 4 is 56.4 Å². The van der Waals surface area contributed by atoms with Gasteiger partial charge in [-0.3, -0.25) is 4.79 Å². The zero-order valence-corrected chi connectivity index (χ0v) is 16.4. The van der Waals surface area contributed by atoms with Crippen molar-refractivity contribution in [1.82, 2.24) is 0 Å². The van der Waals surface area contributed by atoms with Crippen molar-refractivity contribution in [1.29, 1.82) is 0 Å². The lowest BCUT2D eigenvalue weighted by molar-refractivity contribution is -0.125. The van der Waals surface area contributed by atoms with Crippen molar-refractivity contribution < 1.29 is 9.53 Å². The molecule has 0 bridgehead atoms. The van der Waals surface area contributed by atoms with Crippen molar-refractivity contribution in [2.24, 2.45) is 0 Å². The summed E-state index contributed by atoms with van der Waals surface area (Å²) in [6.07, 6.45) is 1.22. The van der Waals surface area contributed by atoms with Crippen LogP contribution >= 0.6 is 39.1 Å². The SMILES string of the molecule is Nc1c(Cl)cc(NC(=O)C2(c3ccc(Br)cc3)CCOCC2)cc1Cl. The lowest BCUT2D eigenvalue weighted by Crippen LogP contribution is -2.44. The summed E-state index contributed by atoms with van der Waals surface area (Å²) in [6.45, 7) is 1.07. The number of hydrogen-bond donors (Lipinski definition) is 2. The highest BCUT2D eigenvalue weighted by molar-refractivity contribution is 9.10. The Labute approximate surface area is 164 Å². The molecular formula is C18H17BrCl2N2O2. The number of nitrogens with one attached hydrogen (secondary N) is 1. The summed E-state index contributed by atoms with van der Waals surface area (Å²) < 4.78 is 6.44. The van der Waals surface area contributed by atoms with Gasteiger partial charge in [-0.1, -0.05) is 51.3 Å². The Hall–Kier alpha value is -1.27. The monoisotopic (exact) mass is 442 g/mol. The second kappa shape index (κ2) is 7.54. The van der Waals surface area contributed by atoms with Crippen LogP contribution in [0.5, 0.6) is 0 Å². The van der Waals surface area contributed by atoms with E-state index >= 15 is 0 Å². The number of anilines is 2. The van der Waals surface area contributed by atoms with Gasteiger partial charge in [0.2, 0.25) is 5.91 Å². The molecule has 1 aliphatic rings. The van der Waals surface area contributed by atoms with E-state index in [0.29, 0.717) is 47.5 Å². The van der Waals surface area contributed by atoms with E-state index in [1.165, 1.54) is 0 Å². The first kappa shape index (κ1) is 18.5. The largest absolute Gasteiger partial charge is 0.396 e. The third-order valence-corrected chi connectivity index (χ3v) is 5.67. The molecular weight excluding hydrogens is 427 g/mol. The average molecular weight is 444 g/mol. The molecule has 2 aromatic carbocycles. The van der Waals surface area contributed by atoms with E-state index in [1.807, 2.05) is 24.3 Å². The number of halogens is 3.